The topological polar surface area (TPSA) is 66.6 Å². The van der Waals surface area contributed by atoms with E-state index in [-0.39, 0.29) is 12.6 Å². The van der Waals surface area contributed by atoms with Crippen LogP contribution in [-0.2, 0) is 6.54 Å². The van der Waals surface area contributed by atoms with Crippen molar-refractivity contribution in [3.05, 3.63) is 39.7 Å². The summed E-state index contributed by atoms with van der Waals surface area (Å²) in [6.45, 7) is 1.13. The number of likely N-dealkylation sites (tertiary alicyclic amines) is 1. The summed E-state index contributed by atoms with van der Waals surface area (Å²) >= 11 is 0. The second-order valence-electron chi connectivity index (χ2n) is 5.16. The smallest absolute Gasteiger partial charge is 0.305 e. The van der Waals surface area contributed by atoms with Gasteiger partial charge in [0.25, 0.3) is 0 Å². The zero-order chi connectivity index (χ0) is 14.5. The minimum Gasteiger partial charge on any atom is -0.395 e. The van der Waals surface area contributed by atoms with Crippen molar-refractivity contribution in [3.8, 4) is 0 Å². The number of halogens is 1. The molecule has 1 aromatic rings. The van der Waals surface area contributed by atoms with Crippen LogP contribution >= 0.6 is 0 Å². The van der Waals surface area contributed by atoms with Crippen molar-refractivity contribution in [2.45, 2.75) is 38.3 Å². The van der Waals surface area contributed by atoms with E-state index >= 15 is 0 Å². The van der Waals surface area contributed by atoms with Gasteiger partial charge >= 0.3 is 5.69 Å². The zero-order valence-corrected chi connectivity index (χ0v) is 11.3. The first-order valence-electron chi connectivity index (χ1n) is 6.90. The van der Waals surface area contributed by atoms with Crippen LogP contribution in [-0.4, -0.2) is 34.1 Å². The second-order valence-corrected chi connectivity index (χ2v) is 5.16. The molecule has 0 radical (unpaired) electrons. The zero-order valence-electron chi connectivity index (χ0n) is 11.3. The number of nitro benzene ring substituents is 1. The van der Waals surface area contributed by atoms with Crippen LogP contribution in [0.5, 0.6) is 0 Å². The van der Waals surface area contributed by atoms with E-state index in [1.54, 1.807) is 6.07 Å². The van der Waals surface area contributed by atoms with Gasteiger partial charge in [-0.3, -0.25) is 15.0 Å². The fraction of sp³-hybridized carbons (Fsp3) is 0.571. The SMILES string of the molecule is O=[N+]([O-])c1cccc(CN2CCCCCC2CO)c1F. The summed E-state index contributed by atoms with van der Waals surface area (Å²) < 4.78 is 14.1. The Morgan fingerprint density at radius 2 is 2.20 bits per heavy atom. The lowest BCUT2D eigenvalue weighted by Gasteiger charge is -2.28. The molecule has 5 nitrogen and oxygen atoms in total. The maximum atomic E-state index is 14.1. The monoisotopic (exact) mass is 282 g/mol. The first-order valence-corrected chi connectivity index (χ1v) is 6.90. The Morgan fingerprint density at radius 1 is 1.40 bits per heavy atom. The Bertz CT molecular complexity index is 481. The third-order valence-electron chi connectivity index (χ3n) is 3.84. The third-order valence-corrected chi connectivity index (χ3v) is 3.84. The standard InChI is InChI=1S/C14H19FN2O3/c15-14-11(5-4-7-13(14)17(19)20)9-16-8-3-1-2-6-12(16)10-18/h4-5,7,12,18H,1-3,6,8-10H2. The van der Waals surface area contributed by atoms with E-state index in [2.05, 4.69) is 0 Å². The summed E-state index contributed by atoms with van der Waals surface area (Å²) in [6.07, 6.45) is 4.05. The number of hydrogen-bond acceptors (Lipinski definition) is 4. The Labute approximate surface area is 117 Å². The first-order chi connectivity index (χ1) is 9.63. The molecule has 1 aliphatic rings. The van der Waals surface area contributed by atoms with Crippen molar-refractivity contribution in [2.24, 2.45) is 0 Å². The van der Waals surface area contributed by atoms with Gasteiger partial charge in [-0.25, -0.2) is 0 Å². The summed E-state index contributed by atoms with van der Waals surface area (Å²) in [5.74, 6) is -0.765. The normalized spacial score (nSPS) is 20.6. The molecule has 1 fully saturated rings. The number of nitrogens with zero attached hydrogens (tertiary/aromatic N) is 2. The van der Waals surface area contributed by atoms with Gasteiger partial charge in [0.15, 0.2) is 0 Å². The highest BCUT2D eigenvalue weighted by molar-refractivity contribution is 5.36. The highest BCUT2D eigenvalue weighted by Gasteiger charge is 2.24. The molecule has 1 aromatic carbocycles. The van der Waals surface area contributed by atoms with Gasteiger partial charge in [0.1, 0.15) is 0 Å². The minimum absolute atomic E-state index is 0.0103. The molecule has 1 heterocycles. The fourth-order valence-electron chi connectivity index (χ4n) is 2.70. The van der Waals surface area contributed by atoms with Crippen molar-refractivity contribution in [2.75, 3.05) is 13.2 Å². The number of hydrogen-bond donors (Lipinski definition) is 1. The average molecular weight is 282 g/mol. The Morgan fingerprint density at radius 3 is 2.90 bits per heavy atom. The van der Waals surface area contributed by atoms with E-state index in [4.69, 9.17) is 0 Å². The predicted octanol–water partition coefficient (Wildman–Crippen LogP) is 2.47. The number of rotatable bonds is 4. The summed E-state index contributed by atoms with van der Waals surface area (Å²) in [4.78, 5) is 12.1. The molecular formula is C14H19FN2O3. The lowest BCUT2D eigenvalue weighted by Crippen LogP contribution is -2.37. The Balaban J connectivity index is 2.19. The van der Waals surface area contributed by atoms with E-state index in [0.29, 0.717) is 12.1 Å². The molecule has 110 valence electrons. The van der Waals surface area contributed by atoms with Crippen LogP contribution in [0.4, 0.5) is 10.1 Å². The number of aliphatic hydroxyl groups excluding tert-OH is 1. The predicted molar refractivity (Wildman–Crippen MR) is 72.8 cm³/mol. The van der Waals surface area contributed by atoms with Gasteiger partial charge in [0, 0.05) is 24.2 Å². The van der Waals surface area contributed by atoms with Gasteiger partial charge in [0.2, 0.25) is 5.82 Å². The van der Waals surface area contributed by atoms with Crippen molar-refractivity contribution >= 4 is 5.69 Å². The van der Waals surface area contributed by atoms with Gasteiger partial charge in [-0.15, -0.1) is 0 Å². The van der Waals surface area contributed by atoms with Crippen molar-refractivity contribution in [3.63, 3.8) is 0 Å². The average Bonchev–Trinajstić information content (AvgIpc) is 2.65. The molecule has 20 heavy (non-hydrogen) atoms. The van der Waals surface area contributed by atoms with Crippen LogP contribution in [0.2, 0.25) is 0 Å². The molecule has 1 unspecified atom stereocenters. The molecule has 1 atom stereocenters. The van der Waals surface area contributed by atoms with Crippen molar-refractivity contribution in [1.29, 1.82) is 0 Å². The molecule has 0 amide bonds. The molecule has 1 N–H and O–H groups in total. The minimum atomic E-state index is -0.765. The molecule has 0 bridgehead atoms. The van der Waals surface area contributed by atoms with E-state index in [1.165, 1.54) is 12.1 Å². The van der Waals surface area contributed by atoms with Gasteiger partial charge in [-0.2, -0.15) is 4.39 Å². The molecule has 0 aromatic heterocycles. The third kappa shape index (κ3) is 3.32. The lowest BCUT2D eigenvalue weighted by molar-refractivity contribution is -0.387. The van der Waals surface area contributed by atoms with Gasteiger partial charge in [-0.05, 0) is 19.4 Å². The molecule has 1 aliphatic heterocycles. The maximum absolute atomic E-state index is 14.1. The van der Waals surface area contributed by atoms with Crippen LogP contribution in [0.25, 0.3) is 0 Å². The van der Waals surface area contributed by atoms with Crippen LogP contribution in [0, 0.1) is 15.9 Å². The molecule has 0 aliphatic carbocycles. The van der Waals surface area contributed by atoms with E-state index in [1.807, 2.05) is 4.90 Å². The first kappa shape index (κ1) is 14.9. The second kappa shape index (κ2) is 6.76. The summed E-state index contributed by atoms with van der Waals surface area (Å²) in [5, 5.41) is 20.2. The highest BCUT2D eigenvalue weighted by atomic mass is 19.1. The number of aliphatic hydroxyl groups is 1. The summed E-state index contributed by atoms with van der Waals surface area (Å²) in [6, 6.07) is 4.26. The van der Waals surface area contributed by atoms with Crippen LogP contribution in [0.15, 0.2) is 18.2 Å². The maximum Gasteiger partial charge on any atom is 0.305 e. The van der Waals surface area contributed by atoms with Crippen molar-refractivity contribution in [1.82, 2.24) is 4.90 Å². The largest absolute Gasteiger partial charge is 0.395 e. The summed E-state index contributed by atoms with van der Waals surface area (Å²) in [5.41, 5.74) is -0.169. The molecular weight excluding hydrogens is 263 g/mol. The quantitative estimate of drug-likeness (QED) is 0.680. The lowest BCUT2D eigenvalue weighted by atomic mass is 10.1. The van der Waals surface area contributed by atoms with Crippen molar-refractivity contribution < 1.29 is 14.4 Å². The van der Waals surface area contributed by atoms with Gasteiger partial charge in [-0.1, -0.05) is 25.0 Å². The van der Waals surface area contributed by atoms with E-state index < -0.39 is 16.4 Å². The van der Waals surface area contributed by atoms with E-state index in [9.17, 15) is 19.6 Å². The number of benzene rings is 1. The molecule has 6 heteroatoms. The molecule has 0 saturated carbocycles. The summed E-state index contributed by atoms with van der Waals surface area (Å²) in [7, 11) is 0. The van der Waals surface area contributed by atoms with Crippen LogP contribution in [0.1, 0.15) is 31.2 Å². The van der Waals surface area contributed by atoms with Gasteiger partial charge in [0.05, 0.1) is 11.5 Å². The van der Waals surface area contributed by atoms with Crippen LogP contribution < -0.4 is 0 Å². The number of nitro groups is 1. The fourth-order valence-corrected chi connectivity index (χ4v) is 2.70. The van der Waals surface area contributed by atoms with E-state index in [0.717, 1.165) is 32.2 Å². The Hall–Kier alpha value is -1.53. The Kier molecular flexibility index (Phi) is 5.03. The molecule has 1 saturated heterocycles. The molecule has 0 spiro atoms. The van der Waals surface area contributed by atoms with Crippen LogP contribution in [0.3, 0.4) is 0 Å². The highest BCUT2D eigenvalue weighted by Crippen LogP contribution is 2.24. The molecule has 2 rings (SSSR count). The van der Waals surface area contributed by atoms with Gasteiger partial charge < -0.3 is 5.11 Å².